The lowest BCUT2D eigenvalue weighted by molar-refractivity contribution is 0.0939. The van der Waals surface area contributed by atoms with Gasteiger partial charge in [0.05, 0.1) is 42.1 Å². The predicted octanol–water partition coefficient (Wildman–Crippen LogP) is 1.96. The first-order valence-electron chi connectivity index (χ1n) is 6.84. The van der Waals surface area contributed by atoms with Crippen LogP contribution in [0, 0.1) is 0 Å². The number of nitrogens with zero attached hydrogens (tertiary/aromatic N) is 4. The molecular weight excluding hydrogens is 318 g/mol. The highest BCUT2D eigenvalue weighted by Crippen LogP contribution is 2.23. The molecule has 0 saturated carbocycles. The van der Waals surface area contributed by atoms with Gasteiger partial charge in [0.2, 0.25) is 5.82 Å². The number of amides is 1. The van der Waals surface area contributed by atoms with Crippen LogP contribution < -0.4 is 10.1 Å². The molecule has 7 nitrogen and oxygen atoms in total. The largest absolute Gasteiger partial charge is 0.494 e. The van der Waals surface area contributed by atoms with Crippen LogP contribution >= 0.6 is 11.6 Å². The maximum atomic E-state index is 12.1. The third-order valence-electron chi connectivity index (χ3n) is 3.41. The number of imidazole rings is 1. The van der Waals surface area contributed by atoms with E-state index >= 15 is 0 Å². The number of aromatic nitrogens is 4. The Hall–Kier alpha value is -2.67. The van der Waals surface area contributed by atoms with Gasteiger partial charge < -0.3 is 14.6 Å². The summed E-state index contributed by atoms with van der Waals surface area (Å²) in [5.41, 5.74) is 1.61. The number of rotatable bonds is 4. The minimum Gasteiger partial charge on any atom is -0.494 e. The van der Waals surface area contributed by atoms with E-state index in [2.05, 4.69) is 20.3 Å². The van der Waals surface area contributed by atoms with Crippen LogP contribution in [0.1, 0.15) is 16.4 Å². The molecule has 0 unspecified atom stereocenters. The van der Waals surface area contributed by atoms with Crippen LogP contribution in [0.4, 0.5) is 0 Å². The molecule has 1 N–H and O–H groups in total. The minimum absolute atomic E-state index is 0.0718. The number of carbonyl (C=O) groups excluding carboxylic acids is 1. The maximum Gasteiger partial charge on any atom is 0.289 e. The van der Waals surface area contributed by atoms with Gasteiger partial charge in [-0.3, -0.25) is 4.79 Å². The van der Waals surface area contributed by atoms with Crippen LogP contribution in [-0.4, -0.2) is 32.5 Å². The number of halogens is 1. The molecule has 2 heterocycles. The number of carbonyl (C=O) groups is 1. The van der Waals surface area contributed by atoms with Crippen molar-refractivity contribution in [2.45, 2.75) is 6.54 Å². The number of benzene rings is 1. The standard InChI is InChI=1S/C15H14ClN5O2/c1-21-12(20-11-5-3-4-10(16)13(11)21)8-19-15(22)14-17-6-9(23-2)7-18-14/h3-7H,8H2,1-2H3,(H,19,22). The van der Waals surface area contributed by atoms with Crippen molar-refractivity contribution in [2.24, 2.45) is 7.05 Å². The Kier molecular flexibility index (Phi) is 4.12. The Bertz CT molecular complexity index is 860. The summed E-state index contributed by atoms with van der Waals surface area (Å²) in [4.78, 5) is 24.4. The van der Waals surface area contributed by atoms with E-state index < -0.39 is 0 Å². The van der Waals surface area contributed by atoms with Crippen LogP contribution in [0.15, 0.2) is 30.6 Å². The highest BCUT2D eigenvalue weighted by molar-refractivity contribution is 6.35. The molecule has 0 bridgehead atoms. The van der Waals surface area contributed by atoms with E-state index in [-0.39, 0.29) is 18.3 Å². The van der Waals surface area contributed by atoms with Gasteiger partial charge in [0.25, 0.3) is 5.91 Å². The molecule has 3 rings (SSSR count). The summed E-state index contributed by atoms with van der Waals surface area (Å²) < 4.78 is 6.81. The van der Waals surface area contributed by atoms with Gasteiger partial charge in [-0.2, -0.15) is 0 Å². The van der Waals surface area contributed by atoms with Crippen molar-refractivity contribution in [3.05, 3.63) is 47.3 Å². The van der Waals surface area contributed by atoms with Gasteiger partial charge in [0, 0.05) is 7.05 Å². The molecule has 0 atom stereocenters. The fraction of sp³-hybridized carbons (Fsp3) is 0.200. The third-order valence-corrected chi connectivity index (χ3v) is 3.72. The number of fused-ring (bicyclic) bond motifs is 1. The quantitative estimate of drug-likeness (QED) is 0.790. The molecule has 8 heteroatoms. The van der Waals surface area contributed by atoms with Crippen LogP contribution in [0.3, 0.4) is 0 Å². The molecule has 3 aromatic rings. The Morgan fingerprint density at radius 2 is 2.09 bits per heavy atom. The van der Waals surface area contributed by atoms with Crippen LogP contribution in [0.2, 0.25) is 5.02 Å². The summed E-state index contributed by atoms with van der Waals surface area (Å²) in [5, 5.41) is 3.36. The number of nitrogens with one attached hydrogen (secondary N) is 1. The zero-order chi connectivity index (χ0) is 16.4. The van der Waals surface area contributed by atoms with Gasteiger partial charge >= 0.3 is 0 Å². The zero-order valence-electron chi connectivity index (χ0n) is 12.6. The first-order valence-corrected chi connectivity index (χ1v) is 7.22. The fourth-order valence-corrected chi connectivity index (χ4v) is 2.50. The summed E-state index contributed by atoms with van der Waals surface area (Å²) in [5.74, 6) is 0.870. The van der Waals surface area contributed by atoms with Crippen LogP contribution in [0.25, 0.3) is 11.0 Å². The highest BCUT2D eigenvalue weighted by atomic mass is 35.5. The van der Waals surface area contributed by atoms with Gasteiger partial charge in [0.1, 0.15) is 5.82 Å². The van der Waals surface area contributed by atoms with Crippen LogP contribution in [-0.2, 0) is 13.6 Å². The molecule has 1 aromatic carbocycles. The molecular formula is C15H14ClN5O2. The molecule has 0 radical (unpaired) electrons. The third kappa shape index (κ3) is 2.95. The lowest BCUT2D eigenvalue weighted by Crippen LogP contribution is -2.26. The van der Waals surface area contributed by atoms with Crippen molar-refractivity contribution in [3.63, 3.8) is 0 Å². The van der Waals surface area contributed by atoms with E-state index in [0.29, 0.717) is 16.6 Å². The highest BCUT2D eigenvalue weighted by Gasteiger charge is 2.13. The second kappa shape index (κ2) is 6.21. The van der Waals surface area contributed by atoms with E-state index in [9.17, 15) is 4.79 Å². The molecule has 0 aliphatic rings. The number of methoxy groups -OCH3 is 1. The molecule has 0 saturated heterocycles. The van der Waals surface area contributed by atoms with Crippen molar-refractivity contribution in [1.29, 1.82) is 0 Å². The number of hydrogen-bond donors (Lipinski definition) is 1. The second-order valence-electron chi connectivity index (χ2n) is 4.82. The molecule has 0 fully saturated rings. The topological polar surface area (TPSA) is 81.9 Å². The fourth-order valence-electron chi connectivity index (χ4n) is 2.20. The van der Waals surface area contributed by atoms with E-state index in [1.165, 1.54) is 19.5 Å². The summed E-state index contributed by atoms with van der Waals surface area (Å²) in [6.07, 6.45) is 2.88. The summed E-state index contributed by atoms with van der Waals surface area (Å²) >= 11 is 6.18. The number of hydrogen-bond acceptors (Lipinski definition) is 5. The number of ether oxygens (including phenoxy) is 1. The van der Waals surface area contributed by atoms with Crippen molar-refractivity contribution in [2.75, 3.05) is 7.11 Å². The van der Waals surface area contributed by atoms with E-state index in [1.807, 2.05) is 23.7 Å². The van der Waals surface area contributed by atoms with Gasteiger partial charge in [-0.05, 0) is 12.1 Å². The summed E-state index contributed by atoms with van der Waals surface area (Å²) in [7, 11) is 3.36. The van der Waals surface area contributed by atoms with Gasteiger partial charge in [-0.1, -0.05) is 17.7 Å². The first-order chi connectivity index (χ1) is 11.1. The van der Waals surface area contributed by atoms with Gasteiger partial charge in [-0.15, -0.1) is 0 Å². The Labute approximate surface area is 137 Å². The van der Waals surface area contributed by atoms with Crippen LogP contribution in [0.5, 0.6) is 5.75 Å². The van der Waals surface area contributed by atoms with Crippen molar-refractivity contribution < 1.29 is 9.53 Å². The SMILES string of the molecule is COc1cnc(C(=O)NCc2nc3cccc(Cl)c3n2C)nc1. The van der Waals surface area contributed by atoms with Crippen molar-refractivity contribution in [3.8, 4) is 5.75 Å². The minimum atomic E-state index is -0.384. The first kappa shape index (κ1) is 15.2. The smallest absolute Gasteiger partial charge is 0.289 e. The zero-order valence-corrected chi connectivity index (χ0v) is 13.3. The predicted molar refractivity (Wildman–Crippen MR) is 85.5 cm³/mol. The molecule has 0 aliphatic heterocycles. The Morgan fingerprint density at radius 3 is 2.74 bits per heavy atom. The normalized spacial score (nSPS) is 10.7. The van der Waals surface area contributed by atoms with Crippen molar-refractivity contribution in [1.82, 2.24) is 24.8 Å². The monoisotopic (exact) mass is 331 g/mol. The average Bonchev–Trinajstić information content (AvgIpc) is 2.90. The van der Waals surface area contributed by atoms with Crippen molar-refractivity contribution >= 4 is 28.5 Å². The summed E-state index contributed by atoms with van der Waals surface area (Å²) in [6, 6.07) is 5.52. The summed E-state index contributed by atoms with van der Waals surface area (Å²) in [6.45, 7) is 0.246. The Balaban J connectivity index is 1.76. The number of aryl methyl sites for hydroxylation is 1. The molecule has 0 aliphatic carbocycles. The van der Waals surface area contributed by atoms with E-state index in [0.717, 1.165) is 11.0 Å². The lowest BCUT2D eigenvalue weighted by Gasteiger charge is -2.05. The molecule has 0 spiro atoms. The maximum absolute atomic E-state index is 12.1. The van der Waals surface area contributed by atoms with Gasteiger partial charge in [-0.25, -0.2) is 15.0 Å². The number of para-hydroxylation sites is 1. The lowest BCUT2D eigenvalue weighted by atomic mass is 10.3. The average molecular weight is 332 g/mol. The molecule has 23 heavy (non-hydrogen) atoms. The van der Waals surface area contributed by atoms with E-state index in [4.69, 9.17) is 16.3 Å². The van der Waals surface area contributed by atoms with E-state index in [1.54, 1.807) is 6.07 Å². The molecule has 118 valence electrons. The van der Waals surface area contributed by atoms with Gasteiger partial charge in [0.15, 0.2) is 5.75 Å². The molecule has 2 aromatic heterocycles. The second-order valence-corrected chi connectivity index (χ2v) is 5.23. The Morgan fingerprint density at radius 1 is 1.35 bits per heavy atom. The molecule has 1 amide bonds.